The van der Waals surface area contributed by atoms with Crippen LogP contribution >= 0.6 is 23.1 Å². The van der Waals surface area contributed by atoms with Crippen LogP contribution in [0, 0.1) is 25.2 Å². The van der Waals surface area contributed by atoms with E-state index in [0.717, 1.165) is 39.6 Å². The van der Waals surface area contributed by atoms with Gasteiger partial charge in [0.05, 0.1) is 64.1 Å². The second-order valence-corrected chi connectivity index (χ2v) is 24.7. The first-order chi connectivity index (χ1) is 36.3. The summed E-state index contributed by atoms with van der Waals surface area (Å²) in [5, 5.41) is 69.5. The lowest BCUT2D eigenvalue weighted by molar-refractivity contribution is 0.278. The van der Waals surface area contributed by atoms with Gasteiger partial charge in [0.15, 0.2) is 11.3 Å². The number of nitrogens with zero attached hydrogens (tertiary/aromatic N) is 10. The lowest BCUT2D eigenvalue weighted by Gasteiger charge is -2.12. The van der Waals surface area contributed by atoms with E-state index in [2.05, 4.69) is 40.7 Å². The number of aromatic nitrogens is 3. The van der Waals surface area contributed by atoms with Gasteiger partial charge in [0, 0.05) is 33.0 Å². The third-order valence-corrected chi connectivity index (χ3v) is 16.9. The Bertz CT molecular complexity index is 4330. The number of aliphatic hydroxyl groups is 2. The van der Waals surface area contributed by atoms with Crippen LogP contribution in [-0.2, 0) is 53.7 Å². The summed E-state index contributed by atoms with van der Waals surface area (Å²) in [7, 11) is -18.3. The number of hydrogen-bond acceptors (Lipinski definition) is 23. The second kappa shape index (κ2) is 22.2. The third kappa shape index (κ3) is 12.6. The first-order valence-corrected chi connectivity index (χ1v) is 30.0. The van der Waals surface area contributed by atoms with Gasteiger partial charge in [0.25, 0.3) is 40.5 Å². The Morgan fingerprint density at radius 2 is 1.39 bits per heavy atom. The standard InChI is InChI=1S/C45H40N10O16S6/c1-23-13-33(51-53-40-24(2)29(20-46)43-47-32-19-38(76(65,66)67)27(22-57)15-35(32)55(43)44(40)58)36(71-9-5-11-74(59,60)61)17-30(23)49-52-34-14-26(21-56)31(18-37(34)72-10-6-12-75(62,63)64)50-54-45-48-41-39(77(68,69)70)16-25-7-3-4-8-28(25)42(41)73-45/h3-4,7-8,13-19,56-58H,5-6,9-12,21-22H2,1-2H3,(H,59,60,61)(H,62,63,64)(H,65,66,67)(H,68,69,70). The van der Waals surface area contributed by atoms with Crippen molar-refractivity contribution in [3.8, 4) is 17.7 Å². The molecular weight excluding hydrogens is 1130 g/mol. The van der Waals surface area contributed by atoms with Crippen LogP contribution in [0.2, 0.25) is 0 Å². The van der Waals surface area contributed by atoms with Crippen molar-refractivity contribution in [1.82, 2.24) is 14.4 Å². The first kappa shape index (κ1) is 56.2. The van der Waals surface area contributed by atoms with Crippen LogP contribution in [0.15, 0.2) is 112 Å². The summed E-state index contributed by atoms with van der Waals surface area (Å²) < 4.78 is 141. The van der Waals surface area contributed by atoms with Gasteiger partial charge < -0.3 is 20.1 Å². The van der Waals surface area contributed by atoms with Crippen molar-refractivity contribution in [3.63, 3.8) is 0 Å². The fourth-order valence-electron chi connectivity index (χ4n) is 7.78. The highest BCUT2D eigenvalue weighted by Crippen LogP contribution is 2.44. The van der Waals surface area contributed by atoms with E-state index < -0.39 is 80.9 Å². The zero-order chi connectivity index (χ0) is 55.8. The Morgan fingerprint density at radius 3 is 2.06 bits per heavy atom. The Morgan fingerprint density at radius 1 is 0.727 bits per heavy atom. The number of fused-ring (bicyclic) bond motifs is 6. The van der Waals surface area contributed by atoms with Crippen molar-refractivity contribution >= 4 is 135 Å². The zero-order valence-electron chi connectivity index (χ0n) is 39.7. The number of rotatable bonds is 20. The van der Waals surface area contributed by atoms with Crippen molar-refractivity contribution in [2.24, 2.45) is 30.7 Å². The molecule has 0 saturated carbocycles. The summed E-state index contributed by atoms with van der Waals surface area (Å²) in [5.41, 5.74) is 0.130. The molecule has 3 heterocycles. The molecule has 0 aliphatic carbocycles. The molecule has 0 bridgehead atoms. The summed E-state index contributed by atoms with van der Waals surface area (Å²) >= 11 is 2.09. The molecule has 0 radical (unpaired) electrons. The summed E-state index contributed by atoms with van der Waals surface area (Å²) in [4.78, 5) is 7.91. The molecule has 0 unspecified atom stereocenters. The van der Waals surface area contributed by atoms with Gasteiger partial charge in [-0.05, 0) is 79.8 Å². The molecule has 3 aromatic heterocycles. The van der Waals surface area contributed by atoms with E-state index in [9.17, 15) is 72.5 Å². The van der Waals surface area contributed by atoms with Crippen molar-refractivity contribution in [2.45, 2.75) is 54.6 Å². The highest BCUT2D eigenvalue weighted by Gasteiger charge is 2.26. The third-order valence-electron chi connectivity index (χ3n) is 11.4. The zero-order valence-corrected chi connectivity index (χ0v) is 44.6. The van der Waals surface area contributed by atoms with E-state index in [4.69, 9.17) is 4.74 Å². The second-order valence-electron chi connectivity index (χ2n) is 16.7. The number of benzene rings is 5. The molecule has 402 valence electrons. The molecule has 0 aliphatic rings. The van der Waals surface area contributed by atoms with Crippen LogP contribution in [-0.4, -0.2) is 105 Å². The highest BCUT2D eigenvalue weighted by molar-refractivity contribution is 7.99. The number of aryl methyl sites for hydroxylation is 1. The molecule has 0 spiro atoms. The number of hydrogen-bond donors (Lipinski definition) is 7. The van der Waals surface area contributed by atoms with Crippen LogP contribution in [0.25, 0.3) is 37.7 Å². The maximum Gasteiger partial charge on any atom is 0.296 e. The van der Waals surface area contributed by atoms with E-state index in [1.807, 2.05) is 6.07 Å². The topological polar surface area (TPSA) is 416 Å². The smallest absolute Gasteiger partial charge is 0.296 e. The van der Waals surface area contributed by atoms with E-state index in [-0.39, 0.29) is 109 Å². The number of pyridine rings is 1. The molecule has 0 amide bonds. The van der Waals surface area contributed by atoms with Crippen LogP contribution in [0.1, 0.15) is 40.7 Å². The van der Waals surface area contributed by atoms with E-state index in [1.54, 1.807) is 31.2 Å². The largest absolute Gasteiger partial charge is 0.493 e. The van der Waals surface area contributed by atoms with Crippen LogP contribution in [0.4, 0.5) is 33.6 Å². The number of imidazole rings is 1. The van der Waals surface area contributed by atoms with Crippen molar-refractivity contribution in [3.05, 3.63) is 94.5 Å². The summed E-state index contributed by atoms with van der Waals surface area (Å²) in [5.74, 6) is -1.81. The SMILES string of the molecule is Cc1cc(N=Nc2c(C)c(C#N)c3nc4cc(S(=O)(=O)O)c(CO)cc4n3c2O)c(OCCCS(=O)(=O)O)cc1N=Nc1cc(CO)c(N=Nc2nc3c(S(=O)(=O)O)cc4ccccc4c3s2)cc1SCCCS(=O)(=O)O. The van der Waals surface area contributed by atoms with E-state index in [0.29, 0.717) is 25.9 Å². The predicted molar refractivity (Wildman–Crippen MR) is 281 cm³/mol. The Hall–Kier alpha value is -7.00. The van der Waals surface area contributed by atoms with Crippen molar-refractivity contribution < 1.29 is 71.9 Å². The van der Waals surface area contributed by atoms with Gasteiger partial charge in [-0.2, -0.15) is 44.0 Å². The van der Waals surface area contributed by atoms with E-state index >= 15 is 0 Å². The number of aromatic hydroxyl groups is 1. The Labute approximate surface area is 445 Å². The van der Waals surface area contributed by atoms with Gasteiger partial charge in [0.2, 0.25) is 11.0 Å². The highest BCUT2D eigenvalue weighted by atomic mass is 32.2. The van der Waals surface area contributed by atoms with E-state index in [1.165, 1.54) is 37.3 Å². The van der Waals surface area contributed by atoms with Gasteiger partial charge in [-0.15, -0.1) is 37.3 Å². The summed E-state index contributed by atoms with van der Waals surface area (Å²) in [6, 6.07) is 18.0. The maximum absolute atomic E-state index is 12.4. The van der Waals surface area contributed by atoms with Gasteiger partial charge in [-0.3, -0.25) is 22.6 Å². The molecule has 32 heteroatoms. The average Bonchev–Trinajstić information content (AvgIpc) is 4.04. The maximum atomic E-state index is 12.4. The molecular formula is C45H40N10O16S6. The average molecular weight is 1170 g/mol. The Kier molecular flexibility index (Phi) is 16.2. The minimum absolute atomic E-state index is 0.00559. The minimum atomic E-state index is -4.83. The normalized spacial score (nSPS) is 12.9. The molecule has 77 heavy (non-hydrogen) atoms. The number of azo groups is 3. The number of thiazole rings is 1. The fraction of sp³-hybridized carbons (Fsp3) is 0.222. The molecule has 5 aromatic carbocycles. The van der Waals surface area contributed by atoms with Gasteiger partial charge in [-0.1, -0.05) is 35.6 Å². The molecule has 0 fully saturated rings. The van der Waals surface area contributed by atoms with Crippen LogP contribution in [0.3, 0.4) is 0 Å². The number of aliphatic hydroxyl groups excluding tert-OH is 2. The van der Waals surface area contributed by atoms with Crippen LogP contribution < -0.4 is 4.74 Å². The van der Waals surface area contributed by atoms with Gasteiger partial charge in [-0.25, -0.2) is 9.97 Å². The van der Waals surface area contributed by atoms with Crippen molar-refractivity contribution in [2.75, 3.05) is 23.9 Å². The summed E-state index contributed by atoms with van der Waals surface area (Å²) in [6.45, 7) is 1.28. The molecule has 8 rings (SSSR count). The monoisotopic (exact) mass is 1170 g/mol. The van der Waals surface area contributed by atoms with Crippen molar-refractivity contribution in [1.29, 1.82) is 5.26 Å². The van der Waals surface area contributed by atoms with Gasteiger partial charge >= 0.3 is 0 Å². The molecule has 0 atom stereocenters. The molecule has 8 aromatic rings. The Balaban J connectivity index is 1.19. The number of thioether (sulfide) groups is 1. The number of nitriles is 1. The fourth-order valence-corrected chi connectivity index (χ4v) is 12.3. The summed E-state index contributed by atoms with van der Waals surface area (Å²) in [6.07, 6.45) is -0.204. The molecule has 26 nitrogen and oxygen atoms in total. The quantitative estimate of drug-likeness (QED) is 0.0162. The first-order valence-electron chi connectivity index (χ1n) is 22.1. The van der Waals surface area contributed by atoms with Crippen LogP contribution in [0.5, 0.6) is 11.6 Å². The lowest BCUT2D eigenvalue weighted by atomic mass is 10.1. The molecule has 0 saturated heterocycles. The number of ether oxygens (including phenoxy) is 1. The minimum Gasteiger partial charge on any atom is -0.493 e. The molecule has 0 aliphatic heterocycles. The lowest BCUT2D eigenvalue weighted by Crippen LogP contribution is -2.08. The van der Waals surface area contributed by atoms with Gasteiger partial charge in [0.1, 0.15) is 38.4 Å². The predicted octanol–water partition coefficient (Wildman–Crippen LogP) is 9.20. The molecule has 7 N–H and O–H groups in total.